The van der Waals surface area contributed by atoms with Crippen LogP contribution in [-0.4, -0.2) is 33.3 Å². The number of sulfonamides is 1. The molecule has 0 bridgehead atoms. The number of amidine groups is 1. The molecular formula is C19H18F3N3O4S. The summed E-state index contributed by atoms with van der Waals surface area (Å²) in [5.41, 5.74) is -0.418. The molecule has 0 saturated carbocycles. The van der Waals surface area contributed by atoms with Gasteiger partial charge in [-0.15, -0.1) is 4.40 Å². The number of alkyl halides is 3. The van der Waals surface area contributed by atoms with E-state index in [4.69, 9.17) is 4.74 Å². The maximum Gasteiger partial charge on any atom is 0.416 e. The predicted octanol–water partition coefficient (Wildman–Crippen LogP) is 3.19. The molecule has 2 aromatic rings. The van der Waals surface area contributed by atoms with Gasteiger partial charge in [0.05, 0.1) is 17.8 Å². The normalized spacial score (nSPS) is 14.8. The molecular weight excluding hydrogens is 423 g/mol. The van der Waals surface area contributed by atoms with Gasteiger partial charge in [0.2, 0.25) is 5.91 Å². The van der Waals surface area contributed by atoms with E-state index in [0.717, 1.165) is 12.1 Å². The van der Waals surface area contributed by atoms with Crippen molar-refractivity contribution in [3.63, 3.8) is 0 Å². The van der Waals surface area contributed by atoms with Crippen molar-refractivity contribution < 1.29 is 31.1 Å². The zero-order chi connectivity index (χ0) is 21.8. The van der Waals surface area contributed by atoms with Crippen LogP contribution in [0.4, 0.5) is 18.9 Å². The third-order valence-corrected chi connectivity index (χ3v) is 5.49. The number of carbonyl (C=O) groups is 1. The summed E-state index contributed by atoms with van der Waals surface area (Å²) in [6, 6.07) is 10.8. The number of rotatable bonds is 7. The molecule has 0 radical (unpaired) electrons. The number of benzene rings is 2. The number of amides is 1. The number of hydrogen-bond donors (Lipinski definition) is 2. The van der Waals surface area contributed by atoms with E-state index in [-0.39, 0.29) is 48.4 Å². The van der Waals surface area contributed by atoms with E-state index >= 15 is 0 Å². The molecule has 0 aliphatic carbocycles. The summed E-state index contributed by atoms with van der Waals surface area (Å²) < 4.78 is 71.2. The minimum absolute atomic E-state index is 0.0198. The summed E-state index contributed by atoms with van der Waals surface area (Å²) in [6.45, 7) is 0.0596. The number of carbonyl (C=O) groups excluding carboxylic acids is 1. The van der Waals surface area contributed by atoms with Gasteiger partial charge in [-0.1, -0.05) is 18.2 Å². The smallest absolute Gasteiger partial charge is 0.416 e. The van der Waals surface area contributed by atoms with Gasteiger partial charge in [-0.2, -0.15) is 21.6 Å². The van der Waals surface area contributed by atoms with E-state index in [1.165, 1.54) is 18.2 Å². The predicted molar refractivity (Wildman–Crippen MR) is 104 cm³/mol. The van der Waals surface area contributed by atoms with Crippen LogP contribution in [0.1, 0.15) is 18.4 Å². The molecule has 1 aliphatic rings. The van der Waals surface area contributed by atoms with Gasteiger partial charge >= 0.3 is 6.18 Å². The third kappa shape index (κ3) is 5.50. The topological polar surface area (TPSA) is 96.9 Å². The highest BCUT2D eigenvalue weighted by molar-refractivity contribution is 7.90. The van der Waals surface area contributed by atoms with Crippen molar-refractivity contribution in [2.45, 2.75) is 23.9 Å². The Bertz CT molecular complexity index is 1070. The SMILES string of the molecule is O=C(CCC1=NS(=O)(=O)c2ccccc2N1)NCCOc1cccc(C(F)(F)F)c1. The van der Waals surface area contributed by atoms with E-state index in [1.54, 1.807) is 18.2 Å². The maximum absolute atomic E-state index is 12.7. The van der Waals surface area contributed by atoms with Crippen molar-refractivity contribution in [3.05, 3.63) is 54.1 Å². The Morgan fingerprint density at radius 3 is 2.67 bits per heavy atom. The number of ether oxygens (including phenoxy) is 1. The van der Waals surface area contributed by atoms with Crippen LogP contribution in [0.25, 0.3) is 0 Å². The van der Waals surface area contributed by atoms with Crippen molar-refractivity contribution >= 4 is 27.5 Å². The second-order valence-electron chi connectivity index (χ2n) is 6.36. The molecule has 0 spiro atoms. The molecule has 160 valence electrons. The van der Waals surface area contributed by atoms with Gasteiger partial charge in [0.15, 0.2) is 0 Å². The number of halogens is 3. The lowest BCUT2D eigenvalue weighted by Gasteiger charge is -2.17. The highest BCUT2D eigenvalue weighted by Gasteiger charge is 2.30. The second-order valence-corrected chi connectivity index (χ2v) is 7.93. The zero-order valence-corrected chi connectivity index (χ0v) is 16.4. The average Bonchev–Trinajstić information content (AvgIpc) is 2.69. The van der Waals surface area contributed by atoms with Gasteiger partial charge in [0, 0.05) is 12.8 Å². The highest BCUT2D eigenvalue weighted by atomic mass is 32.2. The van der Waals surface area contributed by atoms with Crippen molar-refractivity contribution in [2.75, 3.05) is 18.5 Å². The summed E-state index contributed by atoms with van der Waals surface area (Å²) >= 11 is 0. The van der Waals surface area contributed by atoms with Gasteiger partial charge in [0.1, 0.15) is 23.1 Å². The Hall–Kier alpha value is -3.08. The van der Waals surface area contributed by atoms with Crippen LogP contribution in [-0.2, 0) is 21.0 Å². The third-order valence-electron chi connectivity index (χ3n) is 4.12. The summed E-state index contributed by atoms with van der Waals surface area (Å²) in [4.78, 5) is 12.0. The van der Waals surface area contributed by atoms with Gasteiger partial charge in [0.25, 0.3) is 10.0 Å². The van der Waals surface area contributed by atoms with Crippen molar-refractivity contribution in [1.29, 1.82) is 0 Å². The molecule has 1 amide bonds. The number of anilines is 1. The molecule has 0 atom stereocenters. The zero-order valence-electron chi connectivity index (χ0n) is 15.6. The minimum Gasteiger partial charge on any atom is -0.492 e. The molecule has 1 aliphatic heterocycles. The molecule has 3 rings (SSSR count). The van der Waals surface area contributed by atoms with Gasteiger partial charge in [-0.05, 0) is 30.3 Å². The summed E-state index contributed by atoms with van der Waals surface area (Å²) in [5, 5.41) is 5.45. The van der Waals surface area contributed by atoms with E-state index in [0.29, 0.717) is 5.69 Å². The molecule has 0 saturated heterocycles. The Morgan fingerprint density at radius 1 is 1.13 bits per heavy atom. The van der Waals surface area contributed by atoms with Crippen LogP contribution in [0.5, 0.6) is 5.75 Å². The Balaban J connectivity index is 1.44. The van der Waals surface area contributed by atoms with Crippen LogP contribution in [0, 0.1) is 0 Å². The summed E-state index contributed by atoms with van der Waals surface area (Å²) in [5.74, 6) is -0.170. The lowest BCUT2D eigenvalue weighted by Crippen LogP contribution is -2.29. The number of para-hydroxylation sites is 1. The van der Waals surface area contributed by atoms with Crippen LogP contribution < -0.4 is 15.4 Å². The van der Waals surface area contributed by atoms with Crippen LogP contribution in [0.3, 0.4) is 0 Å². The number of nitrogens with one attached hydrogen (secondary N) is 2. The van der Waals surface area contributed by atoms with Crippen molar-refractivity contribution in [2.24, 2.45) is 4.40 Å². The molecule has 30 heavy (non-hydrogen) atoms. The minimum atomic E-state index is -4.46. The van der Waals surface area contributed by atoms with Gasteiger partial charge in [-0.25, -0.2) is 0 Å². The molecule has 2 aromatic carbocycles. The maximum atomic E-state index is 12.7. The van der Waals surface area contributed by atoms with Gasteiger partial charge in [-0.3, -0.25) is 4.79 Å². The van der Waals surface area contributed by atoms with Crippen molar-refractivity contribution in [1.82, 2.24) is 5.32 Å². The molecule has 11 heteroatoms. The first kappa shape index (κ1) is 21.6. The molecule has 0 aromatic heterocycles. The fourth-order valence-corrected chi connectivity index (χ4v) is 3.89. The fourth-order valence-electron chi connectivity index (χ4n) is 2.72. The fraction of sp³-hybridized carbons (Fsp3) is 0.263. The quantitative estimate of drug-likeness (QED) is 0.644. The lowest BCUT2D eigenvalue weighted by molar-refractivity contribution is -0.137. The van der Waals surface area contributed by atoms with E-state index < -0.39 is 21.8 Å². The van der Waals surface area contributed by atoms with Gasteiger partial charge < -0.3 is 15.4 Å². The van der Waals surface area contributed by atoms with Crippen LogP contribution in [0.2, 0.25) is 0 Å². The molecule has 0 unspecified atom stereocenters. The Kier molecular flexibility index (Phi) is 6.30. The first-order chi connectivity index (χ1) is 14.1. The second kappa shape index (κ2) is 8.74. The highest BCUT2D eigenvalue weighted by Crippen LogP contribution is 2.31. The largest absolute Gasteiger partial charge is 0.492 e. The number of nitrogens with zero attached hydrogens (tertiary/aromatic N) is 1. The molecule has 0 fully saturated rings. The lowest BCUT2D eigenvalue weighted by atomic mass is 10.2. The van der Waals surface area contributed by atoms with E-state index in [2.05, 4.69) is 15.0 Å². The molecule has 1 heterocycles. The first-order valence-corrected chi connectivity index (χ1v) is 10.4. The number of fused-ring (bicyclic) bond motifs is 1. The summed E-state index contributed by atoms with van der Waals surface area (Å²) in [6.07, 6.45) is -4.40. The Labute approximate surface area is 171 Å². The summed E-state index contributed by atoms with van der Waals surface area (Å²) in [7, 11) is -3.81. The standard InChI is InChI=1S/C19H18F3N3O4S/c20-19(21,22)13-4-3-5-14(12-13)29-11-10-23-18(26)9-8-17-24-15-6-1-2-7-16(15)30(27,28)25-17/h1-7,12H,8-11H2,(H,23,26)(H,24,25). The first-order valence-electron chi connectivity index (χ1n) is 8.92. The average molecular weight is 441 g/mol. The number of hydrogen-bond acceptors (Lipinski definition) is 5. The monoisotopic (exact) mass is 441 g/mol. The van der Waals surface area contributed by atoms with E-state index in [1.807, 2.05) is 0 Å². The molecule has 7 nitrogen and oxygen atoms in total. The van der Waals surface area contributed by atoms with Crippen molar-refractivity contribution in [3.8, 4) is 5.75 Å². The van der Waals surface area contributed by atoms with E-state index in [9.17, 15) is 26.4 Å². The van der Waals surface area contributed by atoms with Crippen LogP contribution >= 0.6 is 0 Å². The Morgan fingerprint density at radius 2 is 1.90 bits per heavy atom. The van der Waals surface area contributed by atoms with Crippen LogP contribution in [0.15, 0.2) is 57.8 Å². The molecule has 2 N–H and O–H groups in total.